The number of nitrogens with one attached hydrogen (secondary N) is 2. The molecule has 0 spiro atoms. The summed E-state index contributed by atoms with van der Waals surface area (Å²) in [5, 5.41) is 1.46. The molecule has 0 saturated carbocycles. The molecule has 0 unspecified atom stereocenters. The minimum atomic E-state index is -5.47. The van der Waals surface area contributed by atoms with E-state index in [1.54, 1.807) is 13.0 Å². The molecule has 3 rings (SSSR count). The second kappa shape index (κ2) is 6.74. The lowest BCUT2D eigenvalue weighted by Gasteiger charge is -2.29. The van der Waals surface area contributed by atoms with Crippen molar-refractivity contribution in [3.05, 3.63) is 54.1 Å². The molecule has 1 aliphatic rings. The number of anilines is 2. The van der Waals surface area contributed by atoms with Crippen molar-refractivity contribution in [3.8, 4) is 0 Å². The zero-order valence-corrected chi connectivity index (χ0v) is 15.6. The molecule has 0 bridgehead atoms. The molecule has 1 heterocycles. The van der Waals surface area contributed by atoms with Crippen LogP contribution in [0.15, 0.2) is 53.4 Å². The van der Waals surface area contributed by atoms with Gasteiger partial charge in [-0.15, -0.1) is 0 Å². The Kier molecular flexibility index (Phi) is 4.79. The average molecular weight is 428 g/mol. The topological polar surface area (TPSA) is 122 Å². The molecule has 3 amide bonds. The first-order valence-electron chi connectivity index (χ1n) is 8.07. The maximum atomic E-state index is 13.9. The number of rotatable bonds is 4. The Labute approximate surface area is 163 Å². The van der Waals surface area contributed by atoms with Gasteiger partial charge in [-0.05, 0) is 48.9 Å². The monoisotopic (exact) mass is 428 g/mol. The van der Waals surface area contributed by atoms with Crippen LogP contribution in [0.5, 0.6) is 0 Å². The summed E-state index contributed by atoms with van der Waals surface area (Å²) in [5.41, 5.74) is 2.21. The molecule has 0 aliphatic carbocycles. The van der Waals surface area contributed by atoms with Crippen molar-refractivity contribution >= 4 is 33.3 Å². The molecule has 154 valence electrons. The van der Waals surface area contributed by atoms with E-state index in [0.29, 0.717) is 5.56 Å². The number of nitrogen functional groups attached to an aromatic ring is 1. The third-order valence-electron chi connectivity index (χ3n) is 4.18. The predicted octanol–water partition coefficient (Wildman–Crippen LogP) is 1.87. The van der Waals surface area contributed by atoms with E-state index in [9.17, 15) is 31.2 Å². The minimum Gasteiger partial charge on any atom is -0.399 e. The van der Waals surface area contributed by atoms with Gasteiger partial charge in [0.15, 0.2) is 0 Å². The Bertz CT molecular complexity index is 1090. The summed E-state index contributed by atoms with van der Waals surface area (Å²) in [6, 6.07) is 8.50. The van der Waals surface area contributed by atoms with E-state index in [1.807, 2.05) is 0 Å². The molecule has 12 heteroatoms. The van der Waals surface area contributed by atoms with E-state index in [0.717, 1.165) is 12.1 Å². The molecule has 2 aromatic carbocycles. The van der Waals surface area contributed by atoms with E-state index in [-0.39, 0.29) is 16.3 Å². The number of hydrogen-bond acceptors (Lipinski definition) is 5. The highest BCUT2D eigenvalue weighted by Gasteiger charge is 2.69. The Hall–Kier alpha value is -3.12. The largest absolute Gasteiger partial charge is 0.435 e. The lowest BCUT2D eigenvalue weighted by molar-refractivity contribution is -0.194. The van der Waals surface area contributed by atoms with Crippen LogP contribution in [0.3, 0.4) is 0 Å². The van der Waals surface area contributed by atoms with Crippen molar-refractivity contribution in [2.24, 2.45) is 0 Å². The summed E-state index contributed by atoms with van der Waals surface area (Å²) in [6.07, 6.45) is -5.47. The summed E-state index contributed by atoms with van der Waals surface area (Å²) in [5.74, 6) is -1.82. The number of nitrogens with two attached hydrogens (primary N) is 1. The van der Waals surface area contributed by atoms with Crippen molar-refractivity contribution < 1.29 is 31.2 Å². The van der Waals surface area contributed by atoms with Crippen LogP contribution < -0.4 is 20.7 Å². The van der Waals surface area contributed by atoms with Crippen LogP contribution >= 0.6 is 0 Å². The van der Waals surface area contributed by atoms with Crippen LogP contribution in [0.4, 0.5) is 29.3 Å². The van der Waals surface area contributed by atoms with Crippen LogP contribution in [0.25, 0.3) is 0 Å². The molecule has 29 heavy (non-hydrogen) atoms. The van der Waals surface area contributed by atoms with Gasteiger partial charge in [-0.2, -0.15) is 17.9 Å². The second-order valence-corrected chi connectivity index (χ2v) is 8.01. The standard InChI is InChI=1S/C17H15F3N4O4S/c1-10-3-2-4-12(9-10)24-14(25)16(17(18,19)20,22-15(24)26)23-29(27,28)13-7-5-11(21)6-8-13/h2-9,23H,21H2,1H3,(H,22,26)/t16-/m1/s1. The number of sulfonamides is 1. The zero-order valence-electron chi connectivity index (χ0n) is 14.8. The summed E-state index contributed by atoms with van der Waals surface area (Å²) >= 11 is 0. The molecule has 1 saturated heterocycles. The number of carbonyl (C=O) groups excluding carboxylic acids is 2. The molecule has 1 atom stereocenters. The van der Waals surface area contributed by atoms with Gasteiger partial charge < -0.3 is 11.1 Å². The van der Waals surface area contributed by atoms with Crippen LogP contribution in [-0.4, -0.2) is 32.2 Å². The van der Waals surface area contributed by atoms with Gasteiger partial charge >= 0.3 is 12.2 Å². The van der Waals surface area contributed by atoms with Gasteiger partial charge in [-0.25, -0.2) is 18.1 Å². The number of hydrogen-bond donors (Lipinski definition) is 3. The van der Waals surface area contributed by atoms with Crippen molar-refractivity contribution in [1.29, 1.82) is 0 Å². The fourth-order valence-corrected chi connectivity index (χ4v) is 4.03. The van der Waals surface area contributed by atoms with Crippen molar-refractivity contribution in [2.75, 3.05) is 10.6 Å². The van der Waals surface area contributed by atoms with E-state index in [4.69, 9.17) is 5.73 Å². The predicted molar refractivity (Wildman–Crippen MR) is 97.2 cm³/mol. The van der Waals surface area contributed by atoms with Gasteiger partial charge in [0, 0.05) is 5.69 Å². The highest BCUT2D eigenvalue weighted by atomic mass is 32.2. The number of alkyl halides is 3. The van der Waals surface area contributed by atoms with Crippen LogP contribution in [0.1, 0.15) is 5.56 Å². The summed E-state index contributed by atoms with van der Waals surface area (Å²) in [4.78, 5) is 24.7. The van der Waals surface area contributed by atoms with Gasteiger partial charge in [0.2, 0.25) is 10.0 Å². The third kappa shape index (κ3) is 3.51. The van der Waals surface area contributed by atoms with E-state index in [1.165, 1.54) is 40.4 Å². The van der Waals surface area contributed by atoms with Gasteiger partial charge in [0.25, 0.3) is 11.6 Å². The molecular weight excluding hydrogens is 413 g/mol. The average Bonchev–Trinajstić information content (AvgIpc) is 2.85. The zero-order chi connectivity index (χ0) is 21.6. The molecule has 4 N–H and O–H groups in total. The summed E-state index contributed by atoms with van der Waals surface area (Å²) in [7, 11) is -4.86. The Balaban J connectivity index is 2.08. The van der Waals surface area contributed by atoms with Crippen molar-refractivity contribution in [1.82, 2.24) is 10.0 Å². The highest BCUT2D eigenvalue weighted by Crippen LogP contribution is 2.37. The molecule has 8 nitrogen and oxygen atoms in total. The number of halogens is 3. The van der Waals surface area contributed by atoms with E-state index in [2.05, 4.69) is 0 Å². The number of aryl methyl sites for hydroxylation is 1. The lowest BCUT2D eigenvalue weighted by atomic mass is 10.1. The molecule has 0 radical (unpaired) electrons. The van der Waals surface area contributed by atoms with E-state index < -0.39 is 38.7 Å². The molecular formula is C17H15F3N4O4S. The lowest BCUT2D eigenvalue weighted by Crippen LogP contribution is -2.69. The molecule has 1 fully saturated rings. The normalized spacial score (nSPS) is 20.1. The maximum Gasteiger partial charge on any atom is 0.435 e. The van der Waals surface area contributed by atoms with Crippen LogP contribution in [-0.2, 0) is 14.8 Å². The summed E-state index contributed by atoms with van der Waals surface area (Å²) in [6.45, 7) is 1.61. The fourth-order valence-electron chi connectivity index (χ4n) is 2.76. The summed E-state index contributed by atoms with van der Waals surface area (Å²) < 4.78 is 68.1. The smallest absolute Gasteiger partial charge is 0.399 e. The van der Waals surface area contributed by atoms with E-state index >= 15 is 0 Å². The van der Waals surface area contributed by atoms with Gasteiger partial charge in [-0.1, -0.05) is 12.1 Å². The third-order valence-corrected chi connectivity index (χ3v) is 5.65. The Morgan fingerprint density at radius 2 is 1.72 bits per heavy atom. The first-order chi connectivity index (χ1) is 13.4. The number of amides is 3. The number of carbonyl (C=O) groups is 2. The minimum absolute atomic E-state index is 0.134. The number of benzene rings is 2. The SMILES string of the molecule is Cc1cccc(N2C(=O)N[C@](NS(=O)(=O)c3ccc(N)cc3)(C(F)(F)F)C2=O)c1. The first kappa shape index (κ1) is 20.6. The number of imide groups is 1. The van der Waals surface area contributed by atoms with Crippen LogP contribution in [0, 0.1) is 6.92 Å². The Morgan fingerprint density at radius 1 is 1.10 bits per heavy atom. The fraction of sp³-hybridized carbons (Fsp3) is 0.176. The maximum absolute atomic E-state index is 13.9. The Morgan fingerprint density at radius 3 is 2.28 bits per heavy atom. The molecule has 0 aromatic heterocycles. The molecule has 2 aromatic rings. The van der Waals surface area contributed by atoms with Gasteiger partial charge in [-0.3, -0.25) is 4.79 Å². The highest BCUT2D eigenvalue weighted by molar-refractivity contribution is 7.89. The number of nitrogens with zero attached hydrogens (tertiary/aromatic N) is 1. The molecule has 1 aliphatic heterocycles. The first-order valence-corrected chi connectivity index (χ1v) is 9.55. The second-order valence-electron chi connectivity index (χ2n) is 6.33. The number of urea groups is 1. The van der Waals surface area contributed by atoms with Crippen molar-refractivity contribution in [3.63, 3.8) is 0 Å². The van der Waals surface area contributed by atoms with Gasteiger partial charge in [0.05, 0.1) is 10.6 Å². The van der Waals surface area contributed by atoms with Gasteiger partial charge in [0.1, 0.15) is 0 Å². The quantitative estimate of drug-likeness (QED) is 0.507. The van der Waals surface area contributed by atoms with Crippen molar-refractivity contribution in [2.45, 2.75) is 23.7 Å². The van der Waals surface area contributed by atoms with Crippen LogP contribution in [0.2, 0.25) is 0 Å².